The van der Waals surface area contributed by atoms with Gasteiger partial charge < -0.3 is 19.5 Å². The third-order valence-electron chi connectivity index (χ3n) is 5.76. The van der Waals surface area contributed by atoms with Crippen LogP contribution in [0.2, 0.25) is 0 Å². The molecule has 2 aromatic carbocycles. The van der Waals surface area contributed by atoms with Gasteiger partial charge in [-0.1, -0.05) is 6.07 Å². The molecule has 0 bridgehead atoms. The van der Waals surface area contributed by atoms with Crippen molar-refractivity contribution in [3.05, 3.63) is 65.1 Å². The summed E-state index contributed by atoms with van der Waals surface area (Å²) in [5.74, 6) is -0.342. The zero-order chi connectivity index (χ0) is 21.3. The van der Waals surface area contributed by atoms with E-state index in [9.17, 15) is 9.18 Å². The van der Waals surface area contributed by atoms with Crippen molar-refractivity contribution in [3.63, 3.8) is 0 Å². The Morgan fingerprint density at radius 1 is 1.20 bits per heavy atom. The molecule has 158 valence electrons. The average molecular weight is 410 g/mol. The van der Waals surface area contributed by atoms with E-state index in [4.69, 9.17) is 4.74 Å². The van der Waals surface area contributed by atoms with Crippen LogP contribution in [0.25, 0.3) is 10.9 Å². The van der Waals surface area contributed by atoms with Gasteiger partial charge in [-0.2, -0.15) is 0 Å². The summed E-state index contributed by atoms with van der Waals surface area (Å²) in [5.41, 5.74) is 4.90. The third kappa shape index (κ3) is 4.19. The van der Waals surface area contributed by atoms with Gasteiger partial charge in [-0.15, -0.1) is 0 Å². The normalized spacial score (nSPS) is 15.4. The number of morpholine rings is 1. The van der Waals surface area contributed by atoms with Crippen LogP contribution in [0.3, 0.4) is 0 Å². The molecule has 4 rings (SSSR count). The van der Waals surface area contributed by atoms with Crippen LogP contribution in [0.4, 0.5) is 10.1 Å². The van der Waals surface area contributed by atoms with E-state index in [0.717, 1.165) is 40.8 Å². The largest absolute Gasteiger partial charge is 0.378 e. The van der Waals surface area contributed by atoms with E-state index in [-0.39, 0.29) is 17.8 Å². The van der Waals surface area contributed by atoms with E-state index < -0.39 is 0 Å². The SMILES string of the molecule is Cc1ccc(C(=O)N[C@@H](C)Cc2cn(C)c3ccc(F)cc23)cc1N1CCOCC1. The second kappa shape index (κ2) is 8.48. The highest BCUT2D eigenvalue weighted by Crippen LogP contribution is 2.24. The number of carbonyl (C=O) groups is 1. The minimum Gasteiger partial charge on any atom is -0.378 e. The maximum Gasteiger partial charge on any atom is 0.251 e. The monoisotopic (exact) mass is 409 g/mol. The first kappa shape index (κ1) is 20.4. The summed E-state index contributed by atoms with van der Waals surface area (Å²) in [6.45, 7) is 7.12. The molecular formula is C24H28FN3O2. The number of nitrogens with zero attached hydrogens (tertiary/aromatic N) is 2. The third-order valence-corrected chi connectivity index (χ3v) is 5.76. The molecule has 1 aliphatic rings. The van der Waals surface area contributed by atoms with E-state index in [2.05, 4.69) is 17.1 Å². The number of nitrogens with one attached hydrogen (secondary N) is 1. The van der Waals surface area contributed by atoms with Crippen molar-refractivity contribution >= 4 is 22.5 Å². The van der Waals surface area contributed by atoms with E-state index in [1.807, 2.05) is 42.9 Å². The topological polar surface area (TPSA) is 46.5 Å². The summed E-state index contributed by atoms with van der Waals surface area (Å²) >= 11 is 0. The van der Waals surface area contributed by atoms with Crippen molar-refractivity contribution in [1.29, 1.82) is 0 Å². The Hall–Kier alpha value is -2.86. The number of carbonyl (C=O) groups excluding carboxylic acids is 1. The van der Waals surface area contributed by atoms with E-state index in [1.165, 1.54) is 6.07 Å². The van der Waals surface area contributed by atoms with Gasteiger partial charge >= 0.3 is 0 Å². The van der Waals surface area contributed by atoms with Gasteiger partial charge in [0.25, 0.3) is 5.91 Å². The molecule has 1 N–H and O–H groups in total. The number of rotatable bonds is 5. The fourth-order valence-corrected chi connectivity index (χ4v) is 4.19. The van der Waals surface area contributed by atoms with Crippen LogP contribution in [0.1, 0.15) is 28.4 Å². The number of hydrogen-bond acceptors (Lipinski definition) is 3. The molecule has 0 radical (unpaired) electrons. The van der Waals surface area contributed by atoms with Gasteiger partial charge in [0.2, 0.25) is 0 Å². The Balaban J connectivity index is 1.48. The lowest BCUT2D eigenvalue weighted by Gasteiger charge is -2.30. The lowest BCUT2D eigenvalue weighted by Crippen LogP contribution is -2.37. The van der Waals surface area contributed by atoms with Crippen LogP contribution in [0.5, 0.6) is 0 Å². The number of benzene rings is 2. The zero-order valence-electron chi connectivity index (χ0n) is 17.7. The fourth-order valence-electron chi connectivity index (χ4n) is 4.19. The van der Waals surface area contributed by atoms with Crippen molar-refractivity contribution in [2.45, 2.75) is 26.3 Å². The number of hydrogen-bond donors (Lipinski definition) is 1. The molecular weight excluding hydrogens is 381 g/mol. The first-order chi connectivity index (χ1) is 14.4. The summed E-state index contributed by atoms with van der Waals surface area (Å²) in [5, 5.41) is 3.99. The highest BCUT2D eigenvalue weighted by Gasteiger charge is 2.18. The van der Waals surface area contributed by atoms with Crippen molar-refractivity contribution in [3.8, 4) is 0 Å². The average Bonchev–Trinajstić information content (AvgIpc) is 3.03. The van der Waals surface area contributed by atoms with Crippen LogP contribution in [0, 0.1) is 12.7 Å². The predicted molar refractivity (Wildman–Crippen MR) is 118 cm³/mol. The van der Waals surface area contributed by atoms with E-state index >= 15 is 0 Å². The zero-order valence-corrected chi connectivity index (χ0v) is 17.7. The lowest BCUT2D eigenvalue weighted by atomic mass is 10.0. The highest BCUT2D eigenvalue weighted by atomic mass is 19.1. The van der Waals surface area contributed by atoms with Crippen LogP contribution >= 0.6 is 0 Å². The summed E-state index contributed by atoms with van der Waals surface area (Å²) in [4.78, 5) is 15.2. The van der Waals surface area contributed by atoms with Gasteiger partial charge in [-0.05, 0) is 61.7 Å². The number of ether oxygens (including phenoxy) is 1. The first-order valence-corrected chi connectivity index (χ1v) is 10.4. The molecule has 0 spiro atoms. The second-order valence-corrected chi connectivity index (χ2v) is 8.11. The number of halogens is 1. The van der Waals surface area contributed by atoms with Crippen molar-refractivity contribution in [2.24, 2.45) is 7.05 Å². The molecule has 6 heteroatoms. The van der Waals surface area contributed by atoms with E-state index in [0.29, 0.717) is 25.2 Å². The van der Waals surface area contributed by atoms with Gasteiger partial charge in [-0.3, -0.25) is 4.79 Å². The van der Waals surface area contributed by atoms with Crippen molar-refractivity contribution < 1.29 is 13.9 Å². The summed E-state index contributed by atoms with van der Waals surface area (Å²) in [6.07, 6.45) is 2.64. The summed E-state index contributed by atoms with van der Waals surface area (Å²) < 4.78 is 21.2. The lowest BCUT2D eigenvalue weighted by molar-refractivity contribution is 0.0940. The quantitative estimate of drug-likeness (QED) is 0.697. The standard InChI is InChI=1S/C24H28FN3O2/c1-16-4-5-18(13-23(16)28-8-10-30-11-9-28)24(29)26-17(2)12-19-15-27(3)22-7-6-20(25)14-21(19)22/h4-7,13-15,17H,8-12H2,1-3H3,(H,26,29)/t17-/m0/s1. The van der Waals surface area contributed by atoms with E-state index in [1.54, 1.807) is 12.1 Å². The number of amides is 1. The van der Waals surface area contributed by atoms with Gasteiger partial charge in [0, 0.05) is 54.5 Å². The minimum atomic E-state index is -0.248. The molecule has 30 heavy (non-hydrogen) atoms. The highest BCUT2D eigenvalue weighted by molar-refractivity contribution is 5.95. The fraction of sp³-hybridized carbons (Fsp3) is 0.375. The van der Waals surface area contributed by atoms with Crippen LogP contribution in [-0.4, -0.2) is 42.8 Å². The number of aryl methyl sites for hydroxylation is 2. The Kier molecular flexibility index (Phi) is 5.77. The molecule has 1 saturated heterocycles. The Morgan fingerprint density at radius 3 is 2.73 bits per heavy atom. The van der Waals surface area contributed by atoms with Gasteiger partial charge in [0.1, 0.15) is 5.82 Å². The smallest absolute Gasteiger partial charge is 0.251 e. The molecule has 5 nitrogen and oxygen atoms in total. The maximum atomic E-state index is 13.7. The predicted octanol–water partition coefficient (Wildman–Crippen LogP) is 3.82. The molecule has 0 aliphatic carbocycles. The molecule has 1 atom stereocenters. The first-order valence-electron chi connectivity index (χ1n) is 10.4. The molecule has 1 amide bonds. The minimum absolute atomic E-state index is 0.0838. The summed E-state index contributed by atoms with van der Waals surface area (Å²) in [7, 11) is 1.95. The molecule has 2 heterocycles. The van der Waals surface area contributed by atoms with Crippen LogP contribution in [0.15, 0.2) is 42.6 Å². The number of fused-ring (bicyclic) bond motifs is 1. The Morgan fingerprint density at radius 2 is 1.97 bits per heavy atom. The van der Waals surface area contributed by atoms with Gasteiger partial charge in [-0.25, -0.2) is 4.39 Å². The Bertz CT molecular complexity index is 1070. The van der Waals surface area contributed by atoms with Crippen LogP contribution < -0.4 is 10.2 Å². The number of aromatic nitrogens is 1. The van der Waals surface area contributed by atoms with Crippen molar-refractivity contribution in [1.82, 2.24) is 9.88 Å². The summed E-state index contributed by atoms with van der Waals surface area (Å²) in [6, 6.07) is 10.6. The van der Waals surface area contributed by atoms with Crippen molar-refractivity contribution in [2.75, 3.05) is 31.2 Å². The molecule has 0 saturated carbocycles. The van der Waals surface area contributed by atoms with Gasteiger partial charge in [0.05, 0.1) is 13.2 Å². The molecule has 1 aliphatic heterocycles. The van der Waals surface area contributed by atoms with Crippen LogP contribution in [-0.2, 0) is 18.2 Å². The molecule has 1 aromatic heterocycles. The molecule has 3 aromatic rings. The Labute approximate surface area is 176 Å². The molecule has 0 unspecified atom stereocenters. The second-order valence-electron chi connectivity index (χ2n) is 8.11. The number of anilines is 1. The van der Waals surface area contributed by atoms with Gasteiger partial charge in [0.15, 0.2) is 0 Å². The maximum absolute atomic E-state index is 13.7. The molecule has 1 fully saturated rings.